The van der Waals surface area contributed by atoms with Crippen LogP contribution in [0.5, 0.6) is 0 Å². The van der Waals surface area contributed by atoms with Crippen LogP contribution < -0.4 is 5.73 Å². The van der Waals surface area contributed by atoms with E-state index in [0.29, 0.717) is 19.0 Å². The zero-order chi connectivity index (χ0) is 14.0. The Morgan fingerprint density at radius 2 is 1.95 bits per heavy atom. The van der Waals surface area contributed by atoms with Gasteiger partial charge in [0.15, 0.2) is 9.84 Å². The van der Waals surface area contributed by atoms with Crippen LogP contribution in [0.25, 0.3) is 0 Å². The Morgan fingerprint density at radius 3 is 2.47 bits per heavy atom. The SMILES string of the molecule is CC1CC(CN)CN1C(=O)CS(=O)(=O)C1CCCC1. The van der Waals surface area contributed by atoms with Crippen LogP contribution in [0.2, 0.25) is 0 Å². The van der Waals surface area contributed by atoms with Crippen LogP contribution in [0.15, 0.2) is 0 Å². The van der Waals surface area contributed by atoms with Gasteiger partial charge in [-0.15, -0.1) is 0 Å². The van der Waals surface area contributed by atoms with Gasteiger partial charge in [-0.2, -0.15) is 0 Å². The lowest BCUT2D eigenvalue weighted by Crippen LogP contribution is -2.40. The van der Waals surface area contributed by atoms with Gasteiger partial charge in [-0.3, -0.25) is 4.79 Å². The highest BCUT2D eigenvalue weighted by molar-refractivity contribution is 7.92. The first-order chi connectivity index (χ1) is 8.94. The lowest BCUT2D eigenvalue weighted by Gasteiger charge is -2.22. The van der Waals surface area contributed by atoms with Crippen LogP contribution in [-0.2, 0) is 14.6 Å². The molecule has 6 heteroatoms. The molecule has 110 valence electrons. The van der Waals surface area contributed by atoms with Gasteiger partial charge >= 0.3 is 0 Å². The van der Waals surface area contributed by atoms with Crippen molar-refractivity contribution in [3.05, 3.63) is 0 Å². The first-order valence-corrected chi connectivity index (χ1v) is 8.86. The summed E-state index contributed by atoms with van der Waals surface area (Å²) in [5, 5.41) is -0.292. The van der Waals surface area contributed by atoms with E-state index in [0.717, 1.165) is 32.1 Å². The predicted octanol–water partition coefficient (Wildman–Crippen LogP) is 0.540. The van der Waals surface area contributed by atoms with Crippen molar-refractivity contribution in [3.8, 4) is 0 Å². The van der Waals surface area contributed by atoms with Crippen LogP contribution in [0.1, 0.15) is 39.0 Å². The average Bonchev–Trinajstić information content (AvgIpc) is 2.96. The number of likely N-dealkylation sites (tertiary alicyclic amines) is 1. The molecule has 0 radical (unpaired) electrons. The maximum atomic E-state index is 12.2. The highest BCUT2D eigenvalue weighted by Crippen LogP contribution is 2.27. The summed E-state index contributed by atoms with van der Waals surface area (Å²) in [5.74, 6) is -0.247. The number of carbonyl (C=O) groups excluding carboxylic acids is 1. The van der Waals surface area contributed by atoms with E-state index in [2.05, 4.69) is 0 Å². The molecule has 2 rings (SSSR count). The second-order valence-electron chi connectivity index (χ2n) is 5.95. The molecule has 0 aromatic carbocycles. The minimum absolute atomic E-state index is 0.111. The van der Waals surface area contributed by atoms with Crippen molar-refractivity contribution in [3.63, 3.8) is 0 Å². The second-order valence-corrected chi connectivity index (χ2v) is 8.23. The fourth-order valence-corrected chi connectivity index (χ4v) is 5.08. The van der Waals surface area contributed by atoms with Crippen LogP contribution in [-0.4, -0.2) is 49.4 Å². The zero-order valence-corrected chi connectivity index (χ0v) is 12.4. The molecule has 2 aliphatic rings. The quantitative estimate of drug-likeness (QED) is 0.818. The summed E-state index contributed by atoms with van der Waals surface area (Å²) in [7, 11) is -3.27. The van der Waals surface area contributed by atoms with Crippen LogP contribution in [0.3, 0.4) is 0 Å². The van der Waals surface area contributed by atoms with Crippen molar-refractivity contribution in [2.24, 2.45) is 11.7 Å². The number of hydrogen-bond donors (Lipinski definition) is 1. The van der Waals surface area contributed by atoms with E-state index in [9.17, 15) is 13.2 Å². The molecular weight excluding hydrogens is 264 g/mol. The zero-order valence-electron chi connectivity index (χ0n) is 11.5. The van der Waals surface area contributed by atoms with Gasteiger partial charge in [-0.1, -0.05) is 12.8 Å². The van der Waals surface area contributed by atoms with E-state index in [4.69, 9.17) is 5.73 Å². The predicted molar refractivity (Wildman–Crippen MR) is 74.4 cm³/mol. The fraction of sp³-hybridized carbons (Fsp3) is 0.923. The highest BCUT2D eigenvalue weighted by atomic mass is 32.2. The highest BCUT2D eigenvalue weighted by Gasteiger charge is 2.36. The van der Waals surface area contributed by atoms with Crippen molar-refractivity contribution < 1.29 is 13.2 Å². The summed E-state index contributed by atoms with van der Waals surface area (Å²) in [6.07, 6.45) is 4.25. The van der Waals surface area contributed by atoms with Gasteiger partial charge < -0.3 is 10.6 Å². The fourth-order valence-electron chi connectivity index (χ4n) is 3.28. The molecule has 1 aliphatic carbocycles. The largest absolute Gasteiger partial charge is 0.339 e. The molecule has 1 saturated carbocycles. The first-order valence-electron chi connectivity index (χ1n) is 7.15. The molecule has 1 aliphatic heterocycles. The number of hydrogen-bond acceptors (Lipinski definition) is 4. The molecule has 0 bridgehead atoms. The standard InChI is InChI=1S/C13H24N2O3S/c1-10-6-11(7-14)8-15(10)13(16)9-19(17,18)12-4-2-3-5-12/h10-12H,2-9,14H2,1H3. The van der Waals surface area contributed by atoms with Crippen molar-refractivity contribution >= 4 is 15.7 Å². The van der Waals surface area contributed by atoms with Gasteiger partial charge in [0.25, 0.3) is 0 Å². The number of amides is 1. The molecule has 2 fully saturated rings. The van der Waals surface area contributed by atoms with Crippen LogP contribution in [0, 0.1) is 5.92 Å². The third kappa shape index (κ3) is 3.28. The Bertz CT molecular complexity index is 429. The van der Waals surface area contributed by atoms with E-state index in [-0.39, 0.29) is 23.0 Å². The summed E-state index contributed by atoms with van der Waals surface area (Å²) in [5.41, 5.74) is 5.63. The molecule has 0 aromatic rings. The maximum absolute atomic E-state index is 12.2. The van der Waals surface area contributed by atoms with E-state index >= 15 is 0 Å². The lowest BCUT2D eigenvalue weighted by molar-refractivity contribution is -0.129. The van der Waals surface area contributed by atoms with E-state index in [1.165, 1.54) is 0 Å². The van der Waals surface area contributed by atoms with Gasteiger partial charge in [0.05, 0.1) is 5.25 Å². The van der Waals surface area contributed by atoms with Crippen molar-refractivity contribution in [1.82, 2.24) is 4.90 Å². The molecule has 1 amide bonds. The molecule has 0 aromatic heterocycles. The molecule has 2 unspecified atom stereocenters. The second kappa shape index (κ2) is 5.79. The Labute approximate surface area is 115 Å². The summed E-state index contributed by atoms with van der Waals surface area (Å²) in [6, 6.07) is 0.111. The Kier molecular flexibility index (Phi) is 4.50. The topological polar surface area (TPSA) is 80.5 Å². The summed E-state index contributed by atoms with van der Waals surface area (Å²) >= 11 is 0. The Balaban J connectivity index is 1.97. The van der Waals surface area contributed by atoms with Crippen LogP contribution in [0.4, 0.5) is 0 Å². The monoisotopic (exact) mass is 288 g/mol. The van der Waals surface area contributed by atoms with E-state index < -0.39 is 9.84 Å². The number of sulfone groups is 1. The van der Waals surface area contributed by atoms with Gasteiger partial charge in [-0.25, -0.2) is 8.42 Å². The molecule has 5 nitrogen and oxygen atoms in total. The van der Waals surface area contributed by atoms with Gasteiger partial charge in [0.2, 0.25) is 5.91 Å². The number of nitrogens with zero attached hydrogens (tertiary/aromatic N) is 1. The smallest absolute Gasteiger partial charge is 0.238 e. The number of nitrogens with two attached hydrogens (primary N) is 1. The Morgan fingerprint density at radius 1 is 1.32 bits per heavy atom. The average molecular weight is 288 g/mol. The summed E-state index contributed by atoms with van der Waals surface area (Å²) in [4.78, 5) is 13.9. The molecule has 1 saturated heterocycles. The minimum atomic E-state index is -3.27. The molecule has 19 heavy (non-hydrogen) atoms. The van der Waals surface area contributed by atoms with Gasteiger partial charge in [-0.05, 0) is 38.6 Å². The van der Waals surface area contributed by atoms with E-state index in [1.807, 2.05) is 6.92 Å². The molecule has 1 heterocycles. The van der Waals surface area contributed by atoms with Crippen molar-refractivity contribution in [2.75, 3.05) is 18.8 Å². The Hall–Kier alpha value is -0.620. The third-order valence-corrected chi connectivity index (χ3v) is 6.59. The van der Waals surface area contributed by atoms with E-state index in [1.54, 1.807) is 4.90 Å². The van der Waals surface area contributed by atoms with Crippen molar-refractivity contribution in [2.45, 2.75) is 50.3 Å². The van der Waals surface area contributed by atoms with Gasteiger partial charge in [0.1, 0.15) is 5.75 Å². The summed E-state index contributed by atoms with van der Waals surface area (Å²) < 4.78 is 24.4. The molecule has 2 atom stereocenters. The molecular formula is C13H24N2O3S. The minimum Gasteiger partial charge on any atom is -0.339 e. The maximum Gasteiger partial charge on any atom is 0.238 e. The molecule has 2 N–H and O–H groups in total. The third-order valence-electron chi connectivity index (χ3n) is 4.45. The number of rotatable bonds is 4. The normalized spacial score (nSPS) is 29.1. The van der Waals surface area contributed by atoms with Gasteiger partial charge in [0, 0.05) is 12.6 Å². The first kappa shape index (κ1) is 14.8. The lowest BCUT2D eigenvalue weighted by atomic mass is 10.1. The summed E-state index contributed by atoms with van der Waals surface area (Å²) in [6.45, 7) is 3.13. The van der Waals surface area contributed by atoms with Crippen LogP contribution >= 0.6 is 0 Å². The molecule has 0 spiro atoms. The van der Waals surface area contributed by atoms with Crippen molar-refractivity contribution in [1.29, 1.82) is 0 Å². The number of carbonyl (C=O) groups is 1.